The SMILES string of the molecule is CCC(CCCC(=O)O)N(CC)c1cc(C)nc2c1c(C)cn2-c1c(C)cc(Br)cc1C. The maximum Gasteiger partial charge on any atom is 0.303 e. The molecule has 32 heavy (non-hydrogen) atoms. The fraction of sp³-hybridized carbons (Fsp3) is 0.462. The topological polar surface area (TPSA) is 58.4 Å². The maximum atomic E-state index is 11.0. The van der Waals surface area contributed by atoms with Gasteiger partial charge in [-0.3, -0.25) is 4.79 Å². The molecular formula is C26H34BrN3O2. The summed E-state index contributed by atoms with van der Waals surface area (Å²) in [6.45, 7) is 13.7. The van der Waals surface area contributed by atoms with E-state index in [0.29, 0.717) is 12.5 Å². The molecule has 3 rings (SSSR count). The van der Waals surface area contributed by atoms with Gasteiger partial charge in [-0.2, -0.15) is 0 Å². The van der Waals surface area contributed by atoms with Crippen molar-refractivity contribution in [1.82, 2.24) is 9.55 Å². The van der Waals surface area contributed by atoms with Gasteiger partial charge < -0.3 is 14.6 Å². The quantitative estimate of drug-likeness (QED) is 0.348. The molecular weight excluding hydrogens is 466 g/mol. The first-order valence-corrected chi connectivity index (χ1v) is 12.2. The van der Waals surface area contributed by atoms with E-state index < -0.39 is 5.97 Å². The van der Waals surface area contributed by atoms with Crippen LogP contribution < -0.4 is 4.90 Å². The minimum Gasteiger partial charge on any atom is -0.481 e. The van der Waals surface area contributed by atoms with Crippen molar-refractivity contribution in [3.05, 3.63) is 51.3 Å². The minimum absolute atomic E-state index is 0.219. The molecule has 172 valence electrons. The van der Waals surface area contributed by atoms with Crippen LogP contribution in [0.1, 0.15) is 61.9 Å². The van der Waals surface area contributed by atoms with Gasteiger partial charge in [-0.05, 0) is 88.8 Å². The number of nitrogens with zero attached hydrogens (tertiary/aromatic N) is 3. The monoisotopic (exact) mass is 499 g/mol. The summed E-state index contributed by atoms with van der Waals surface area (Å²) in [5.41, 5.74) is 7.93. The lowest BCUT2D eigenvalue weighted by molar-refractivity contribution is -0.137. The molecule has 2 heterocycles. The first kappa shape index (κ1) is 24.3. The van der Waals surface area contributed by atoms with Gasteiger partial charge in [0.2, 0.25) is 0 Å². The van der Waals surface area contributed by atoms with Crippen LogP contribution in [0.4, 0.5) is 5.69 Å². The summed E-state index contributed by atoms with van der Waals surface area (Å²) in [7, 11) is 0. The molecule has 2 aromatic heterocycles. The molecule has 0 bridgehead atoms. The molecule has 0 amide bonds. The highest BCUT2D eigenvalue weighted by Crippen LogP contribution is 2.36. The zero-order valence-corrected chi connectivity index (χ0v) is 21.6. The first-order chi connectivity index (χ1) is 15.2. The predicted molar refractivity (Wildman–Crippen MR) is 136 cm³/mol. The lowest BCUT2D eigenvalue weighted by Crippen LogP contribution is -2.35. The highest BCUT2D eigenvalue weighted by atomic mass is 79.9. The Hall–Kier alpha value is -2.34. The third-order valence-corrected chi connectivity index (χ3v) is 6.70. The number of benzene rings is 1. The number of halogens is 1. The van der Waals surface area contributed by atoms with Crippen LogP contribution >= 0.6 is 15.9 Å². The predicted octanol–water partition coefficient (Wildman–Crippen LogP) is 6.88. The molecule has 1 aromatic carbocycles. The fourth-order valence-electron chi connectivity index (χ4n) is 4.89. The van der Waals surface area contributed by atoms with Gasteiger partial charge in [0.05, 0.1) is 11.4 Å². The van der Waals surface area contributed by atoms with Gasteiger partial charge in [-0.1, -0.05) is 22.9 Å². The summed E-state index contributed by atoms with van der Waals surface area (Å²) in [5, 5.41) is 10.2. The number of carboxylic acid groups (broad SMARTS) is 1. The van der Waals surface area contributed by atoms with Gasteiger partial charge in [0.25, 0.3) is 0 Å². The van der Waals surface area contributed by atoms with Gasteiger partial charge in [-0.15, -0.1) is 0 Å². The molecule has 0 radical (unpaired) electrons. The number of pyridine rings is 1. The number of rotatable bonds is 9. The molecule has 0 aliphatic rings. The van der Waals surface area contributed by atoms with Crippen LogP contribution in [0.2, 0.25) is 0 Å². The number of aliphatic carboxylic acids is 1. The van der Waals surface area contributed by atoms with E-state index >= 15 is 0 Å². The Bertz CT molecular complexity index is 1110. The van der Waals surface area contributed by atoms with Crippen LogP contribution in [-0.4, -0.2) is 33.2 Å². The lowest BCUT2D eigenvalue weighted by Gasteiger charge is -2.33. The van der Waals surface area contributed by atoms with Crippen LogP contribution in [0.3, 0.4) is 0 Å². The summed E-state index contributed by atoms with van der Waals surface area (Å²) >= 11 is 3.61. The zero-order chi connectivity index (χ0) is 23.6. The smallest absolute Gasteiger partial charge is 0.303 e. The van der Waals surface area contributed by atoms with Gasteiger partial charge in [-0.25, -0.2) is 4.98 Å². The second-order valence-electron chi connectivity index (χ2n) is 8.69. The summed E-state index contributed by atoms with van der Waals surface area (Å²) < 4.78 is 3.32. The molecule has 0 aliphatic carbocycles. The third kappa shape index (κ3) is 4.85. The zero-order valence-electron chi connectivity index (χ0n) is 20.0. The lowest BCUT2D eigenvalue weighted by atomic mass is 10.0. The Balaban J connectivity index is 2.16. The van der Waals surface area contributed by atoms with Crippen molar-refractivity contribution >= 4 is 38.6 Å². The average molecular weight is 500 g/mol. The molecule has 0 saturated heterocycles. The molecule has 0 fully saturated rings. The van der Waals surface area contributed by atoms with Crippen molar-refractivity contribution in [3.8, 4) is 5.69 Å². The van der Waals surface area contributed by atoms with E-state index in [9.17, 15) is 4.79 Å². The molecule has 3 aromatic rings. The molecule has 0 saturated carbocycles. The Morgan fingerprint density at radius 1 is 1.12 bits per heavy atom. The van der Waals surface area contributed by atoms with Gasteiger partial charge in [0, 0.05) is 40.8 Å². The third-order valence-electron chi connectivity index (χ3n) is 6.24. The van der Waals surface area contributed by atoms with Gasteiger partial charge in [0.15, 0.2) is 0 Å². The Kier molecular flexibility index (Phi) is 7.65. The van der Waals surface area contributed by atoms with Crippen molar-refractivity contribution < 1.29 is 9.90 Å². The maximum absolute atomic E-state index is 11.0. The van der Waals surface area contributed by atoms with Crippen molar-refractivity contribution in [3.63, 3.8) is 0 Å². The number of aromatic nitrogens is 2. The summed E-state index contributed by atoms with van der Waals surface area (Å²) in [6.07, 6.45) is 4.94. The first-order valence-electron chi connectivity index (χ1n) is 11.4. The van der Waals surface area contributed by atoms with Crippen LogP contribution in [0.25, 0.3) is 16.7 Å². The number of hydrogen-bond donors (Lipinski definition) is 1. The number of anilines is 1. The van der Waals surface area contributed by atoms with Crippen molar-refractivity contribution in [2.24, 2.45) is 0 Å². The fourth-order valence-corrected chi connectivity index (χ4v) is 5.57. The Morgan fingerprint density at radius 3 is 2.34 bits per heavy atom. The van der Waals surface area contributed by atoms with Crippen LogP contribution in [-0.2, 0) is 4.79 Å². The summed E-state index contributed by atoms with van der Waals surface area (Å²) in [6, 6.07) is 6.77. The number of hydrogen-bond acceptors (Lipinski definition) is 3. The van der Waals surface area contributed by atoms with Crippen LogP contribution in [0.5, 0.6) is 0 Å². The van der Waals surface area contributed by atoms with Crippen LogP contribution in [0.15, 0.2) is 28.9 Å². The van der Waals surface area contributed by atoms with Crippen molar-refractivity contribution in [2.75, 3.05) is 11.4 Å². The highest BCUT2D eigenvalue weighted by Gasteiger charge is 2.23. The average Bonchev–Trinajstić information content (AvgIpc) is 3.02. The van der Waals surface area contributed by atoms with E-state index in [2.05, 4.69) is 91.3 Å². The number of carboxylic acids is 1. The second-order valence-corrected chi connectivity index (χ2v) is 9.60. The van der Waals surface area contributed by atoms with Gasteiger partial charge in [0.1, 0.15) is 5.65 Å². The van der Waals surface area contributed by atoms with Crippen molar-refractivity contribution in [1.29, 1.82) is 0 Å². The molecule has 0 spiro atoms. The van der Waals surface area contributed by atoms with Gasteiger partial charge >= 0.3 is 5.97 Å². The molecule has 1 atom stereocenters. The van der Waals surface area contributed by atoms with E-state index in [1.807, 2.05) is 0 Å². The van der Waals surface area contributed by atoms with E-state index in [1.54, 1.807) is 0 Å². The number of carbonyl (C=O) groups is 1. The van der Waals surface area contributed by atoms with Crippen molar-refractivity contribution in [2.45, 2.75) is 73.3 Å². The minimum atomic E-state index is -0.724. The Labute approximate surface area is 199 Å². The summed E-state index contributed by atoms with van der Waals surface area (Å²) in [4.78, 5) is 18.4. The molecule has 0 aliphatic heterocycles. The second kappa shape index (κ2) is 10.1. The molecule has 6 heteroatoms. The molecule has 5 nitrogen and oxygen atoms in total. The highest BCUT2D eigenvalue weighted by molar-refractivity contribution is 9.10. The standard InChI is InChI=1S/C26H34BrN3O2/c1-7-21(10-9-11-23(31)32)29(8-2)22-14-19(6)28-26-24(22)18(5)15-30(26)25-16(3)12-20(27)13-17(25)4/h12-15,21H,7-11H2,1-6H3,(H,31,32). The normalized spacial score (nSPS) is 12.3. The van der Waals surface area contributed by atoms with E-state index in [-0.39, 0.29) is 6.42 Å². The van der Waals surface area contributed by atoms with Crippen LogP contribution in [0, 0.1) is 27.7 Å². The number of fused-ring (bicyclic) bond motifs is 1. The number of aryl methyl sites for hydroxylation is 4. The Morgan fingerprint density at radius 2 is 1.78 bits per heavy atom. The van der Waals surface area contributed by atoms with E-state index in [4.69, 9.17) is 10.1 Å². The molecule has 1 N–H and O–H groups in total. The van der Waals surface area contributed by atoms with E-state index in [0.717, 1.165) is 35.2 Å². The van der Waals surface area contributed by atoms with E-state index in [1.165, 1.54) is 33.5 Å². The summed E-state index contributed by atoms with van der Waals surface area (Å²) in [5.74, 6) is -0.724. The molecule has 1 unspecified atom stereocenters. The largest absolute Gasteiger partial charge is 0.481 e.